The summed E-state index contributed by atoms with van der Waals surface area (Å²) in [6.45, 7) is 3.57. The Bertz CT molecular complexity index is 607. The van der Waals surface area contributed by atoms with E-state index in [1.807, 2.05) is 28.5 Å². The van der Waals surface area contributed by atoms with Crippen molar-refractivity contribution in [3.8, 4) is 0 Å². The van der Waals surface area contributed by atoms with Gasteiger partial charge in [-0.3, -0.25) is 4.79 Å². The molecule has 2 atom stereocenters. The van der Waals surface area contributed by atoms with Crippen molar-refractivity contribution < 1.29 is 4.79 Å². The number of hydrogen-bond acceptors (Lipinski definition) is 3. The Morgan fingerprint density at radius 1 is 1.47 bits per heavy atom. The smallest absolute Gasteiger partial charge is 0.255 e. The number of carbonyl (C=O) groups is 1. The Morgan fingerprint density at radius 2 is 2.26 bits per heavy atom. The van der Waals surface area contributed by atoms with Crippen LogP contribution in [0.15, 0.2) is 29.6 Å². The van der Waals surface area contributed by atoms with Gasteiger partial charge in [0, 0.05) is 28.1 Å². The molecule has 1 saturated heterocycles. The third-order valence-electron chi connectivity index (χ3n) is 3.97. The molecule has 2 heterocycles. The molecule has 1 aromatic heterocycles. The highest BCUT2D eigenvalue weighted by atomic mass is 32.1. The van der Waals surface area contributed by atoms with Gasteiger partial charge in [0.25, 0.3) is 5.91 Å². The maximum Gasteiger partial charge on any atom is 0.255 e. The third kappa shape index (κ3) is 2.15. The van der Waals surface area contributed by atoms with Crippen molar-refractivity contribution in [2.45, 2.75) is 19.4 Å². The van der Waals surface area contributed by atoms with Gasteiger partial charge in [0.1, 0.15) is 0 Å². The first-order chi connectivity index (χ1) is 9.20. The average Bonchev–Trinajstić information content (AvgIpc) is 3.01. The number of hydrogen-bond donors (Lipinski definition) is 1. The van der Waals surface area contributed by atoms with E-state index in [1.165, 1.54) is 4.70 Å². The molecule has 19 heavy (non-hydrogen) atoms. The molecule has 1 amide bonds. The van der Waals surface area contributed by atoms with Crippen molar-refractivity contribution in [1.29, 1.82) is 0 Å². The molecular weight excluding hydrogens is 256 g/mol. The number of nitrogens with zero attached hydrogens (tertiary/aromatic N) is 1. The number of fused-ring (bicyclic) bond motifs is 1. The summed E-state index contributed by atoms with van der Waals surface area (Å²) in [5, 5.41) is 3.05. The molecule has 0 bridgehead atoms. The van der Waals surface area contributed by atoms with Crippen LogP contribution in [-0.4, -0.2) is 29.9 Å². The molecule has 4 heteroatoms. The van der Waals surface area contributed by atoms with Crippen LogP contribution < -0.4 is 5.73 Å². The van der Waals surface area contributed by atoms with E-state index >= 15 is 0 Å². The van der Waals surface area contributed by atoms with Gasteiger partial charge in [-0.15, -0.1) is 11.3 Å². The molecule has 3 rings (SSSR count). The summed E-state index contributed by atoms with van der Waals surface area (Å²) in [6.07, 6.45) is 1.02. The van der Waals surface area contributed by atoms with E-state index in [-0.39, 0.29) is 5.91 Å². The van der Waals surface area contributed by atoms with Crippen LogP contribution >= 0.6 is 11.3 Å². The summed E-state index contributed by atoms with van der Waals surface area (Å²) in [5.74, 6) is 0.602. The molecule has 0 spiro atoms. The summed E-state index contributed by atoms with van der Waals surface area (Å²) in [4.78, 5) is 14.7. The van der Waals surface area contributed by atoms with Crippen molar-refractivity contribution >= 4 is 27.3 Å². The van der Waals surface area contributed by atoms with Gasteiger partial charge in [-0.05, 0) is 31.9 Å². The zero-order chi connectivity index (χ0) is 13.4. The van der Waals surface area contributed by atoms with Crippen LogP contribution in [0, 0.1) is 5.92 Å². The van der Waals surface area contributed by atoms with Crippen LogP contribution in [0.2, 0.25) is 0 Å². The van der Waals surface area contributed by atoms with Crippen LogP contribution in [0.5, 0.6) is 0 Å². The fourth-order valence-electron chi connectivity index (χ4n) is 2.89. The Morgan fingerprint density at radius 3 is 3.00 bits per heavy atom. The van der Waals surface area contributed by atoms with E-state index in [1.54, 1.807) is 11.3 Å². The molecule has 0 radical (unpaired) electrons. The largest absolute Gasteiger partial charge is 0.336 e. The normalized spacial score (nSPS) is 23.2. The van der Waals surface area contributed by atoms with E-state index in [9.17, 15) is 4.79 Å². The summed E-state index contributed by atoms with van der Waals surface area (Å²) in [7, 11) is 0. The minimum Gasteiger partial charge on any atom is -0.336 e. The molecule has 1 aromatic carbocycles. The highest BCUT2D eigenvalue weighted by molar-refractivity contribution is 7.17. The number of likely N-dealkylation sites (tertiary alicyclic amines) is 1. The number of thiophene rings is 1. The lowest BCUT2D eigenvalue weighted by Crippen LogP contribution is -2.34. The lowest BCUT2D eigenvalue weighted by molar-refractivity contribution is 0.0746. The topological polar surface area (TPSA) is 46.3 Å². The summed E-state index contributed by atoms with van der Waals surface area (Å²) in [6, 6.07) is 8.38. The highest BCUT2D eigenvalue weighted by Gasteiger charge is 2.32. The SMILES string of the molecule is CC1CC(CN)CN1C(=O)c1csc2ccccc12. The molecule has 1 aliphatic rings. The maximum atomic E-state index is 12.7. The first-order valence-electron chi connectivity index (χ1n) is 6.68. The van der Waals surface area contributed by atoms with Crippen molar-refractivity contribution in [2.24, 2.45) is 11.7 Å². The number of amides is 1. The van der Waals surface area contributed by atoms with Gasteiger partial charge < -0.3 is 10.6 Å². The van der Waals surface area contributed by atoms with Crippen LogP contribution in [0.4, 0.5) is 0 Å². The molecule has 0 aliphatic carbocycles. The molecule has 1 fully saturated rings. The van der Waals surface area contributed by atoms with E-state index in [4.69, 9.17) is 5.73 Å². The van der Waals surface area contributed by atoms with Crippen molar-refractivity contribution in [1.82, 2.24) is 4.90 Å². The van der Waals surface area contributed by atoms with E-state index in [0.717, 1.165) is 23.9 Å². The molecule has 100 valence electrons. The van der Waals surface area contributed by atoms with E-state index < -0.39 is 0 Å². The Kier molecular flexibility index (Phi) is 3.29. The first kappa shape index (κ1) is 12.6. The summed E-state index contributed by atoms with van der Waals surface area (Å²) in [5.41, 5.74) is 6.57. The highest BCUT2D eigenvalue weighted by Crippen LogP contribution is 2.30. The van der Waals surface area contributed by atoms with Gasteiger partial charge in [0.2, 0.25) is 0 Å². The average molecular weight is 274 g/mol. The Balaban J connectivity index is 1.92. The van der Waals surface area contributed by atoms with Crippen LogP contribution in [0.25, 0.3) is 10.1 Å². The maximum absolute atomic E-state index is 12.7. The molecule has 0 saturated carbocycles. The second-order valence-corrected chi connectivity index (χ2v) is 6.20. The Hall–Kier alpha value is -1.39. The predicted octanol–water partition coefficient (Wildman–Crippen LogP) is 2.71. The zero-order valence-corrected chi connectivity index (χ0v) is 11.8. The van der Waals surface area contributed by atoms with Gasteiger partial charge in [-0.2, -0.15) is 0 Å². The number of carbonyl (C=O) groups excluding carboxylic acids is 1. The molecule has 2 aromatic rings. The van der Waals surface area contributed by atoms with E-state index in [0.29, 0.717) is 18.5 Å². The fraction of sp³-hybridized carbons (Fsp3) is 0.400. The summed E-state index contributed by atoms with van der Waals surface area (Å²) >= 11 is 1.64. The Labute approximate surface area is 117 Å². The quantitative estimate of drug-likeness (QED) is 0.915. The monoisotopic (exact) mass is 274 g/mol. The van der Waals surface area contributed by atoms with Gasteiger partial charge in [-0.1, -0.05) is 18.2 Å². The second-order valence-electron chi connectivity index (χ2n) is 5.29. The van der Waals surface area contributed by atoms with Crippen molar-refractivity contribution in [2.75, 3.05) is 13.1 Å². The van der Waals surface area contributed by atoms with Gasteiger partial charge in [0.15, 0.2) is 0 Å². The molecular formula is C15H18N2OS. The van der Waals surface area contributed by atoms with Crippen molar-refractivity contribution in [3.63, 3.8) is 0 Å². The van der Waals surface area contributed by atoms with Gasteiger partial charge in [-0.25, -0.2) is 0 Å². The second kappa shape index (κ2) is 4.94. The minimum atomic E-state index is 0.154. The van der Waals surface area contributed by atoms with Crippen LogP contribution in [0.3, 0.4) is 0 Å². The summed E-state index contributed by atoms with van der Waals surface area (Å²) < 4.78 is 1.17. The van der Waals surface area contributed by atoms with E-state index in [2.05, 4.69) is 13.0 Å². The molecule has 3 nitrogen and oxygen atoms in total. The first-order valence-corrected chi connectivity index (χ1v) is 7.56. The van der Waals surface area contributed by atoms with Gasteiger partial charge in [0.05, 0.1) is 5.56 Å². The number of rotatable bonds is 2. The lowest BCUT2D eigenvalue weighted by atomic mass is 10.1. The minimum absolute atomic E-state index is 0.154. The fourth-order valence-corrected chi connectivity index (χ4v) is 3.83. The molecule has 2 unspecified atom stereocenters. The zero-order valence-electron chi connectivity index (χ0n) is 11.0. The predicted molar refractivity (Wildman–Crippen MR) is 79.5 cm³/mol. The van der Waals surface area contributed by atoms with Crippen molar-refractivity contribution in [3.05, 3.63) is 35.2 Å². The van der Waals surface area contributed by atoms with Crippen LogP contribution in [-0.2, 0) is 0 Å². The third-order valence-corrected chi connectivity index (χ3v) is 4.93. The number of nitrogens with two attached hydrogens (primary N) is 1. The molecule has 1 aliphatic heterocycles. The standard InChI is InChI=1S/C15H18N2OS/c1-10-6-11(7-16)8-17(10)15(18)13-9-19-14-5-3-2-4-12(13)14/h2-5,9-11H,6-8,16H2,1H3. The molecule has 2 N–H and O–H groups in total. The lowest BCUT2D eigenvalue weighted by Gasteiger charge is -2.21. The van der Waals surface area contributed by atoms with Crippen LogP contribution in [0.1, 0.15) is 23.7 Å². The number of benzene rings is 1. The van der Waals surface area contributed by atoms with Gasteiger partial charge >= 0.3 is 0 Å².